The molecule has 0 spiro atoms. The lowest BCUT2D eigenvalue weighted by atomic mass is 10.3. The molecule has 0 aliphatic heterocycles. The third-order valence-corrected chi connectivity index (χ3v) is 6.93. The molecule has 2 aromatic carbocycles. The van der Waals surface area contributed by atoms with Crippen LogP contribution in [-0.2, 0) is 10.0 Å². The SMILES string of the molecule is O=S(=O)(Nc1sccc1-c1nc2ccccc2s1)c1ccc(F)cc1. The number of halogens is 1. The fourth-order valence-corrected chi connectivity index (χ4v) is 5.52. The second kappa shape index (κ2) is 6.21. The van der Waals surface area contributed by atoms with Crippen molar-refractivity contribution >= 4 is 47.9 Å². The minimum Gasteiger partial charge on any atom is -0.270 e. The number of para-hydroxylation sites is 1. The molecule has 0 atom stereocenters. The Balaban J connectivity index is 1.71. The lowest BCUT2D eigenvalue weighted by Gasteiger charge is -2.07. The number of benzene rings is 2. The molecule has 0 unspecified atom stereocenters. The lowest BCUT2D eigenvalue weighted by Crippen LogP contribution is -2.12. The second-order valence-corrected chi connectivity index (χ2v) is 8.84. The maximum absolute atomic E-state index is 13.0. The Morgan fingerprint density at radius 2 is 1.76 bits per heavy atom. The van der Waals surface area contributed by atoms with E-state index in [0.29, 0.717) is 5.00 Å². The first-order valence-electron chi connectivity index (χ1n) is 7.25. The number of rotatable bonds is 4. The maximum atomic E-state index is 13.0. The lowest BCUT2D eigenvalue weighted by molar-refractivity contribution is 0.600. The van der Waals surface area contributed by atoms with E-state index in [1.807, 2.05) is 35.7 Å². The molecule has 4 aromatic rings. The van der Waals surface area contributed by atoms with Crippen LogP contribution in [-0.4, -0.2) is 13.4 Å². The number of fused-ring (bicyclic) bond motifs is 1. The molecule has 0 radical (unpaired) electrons. The summed E-state index contributed by atoms with van der Waals surface area (Å²) >= 11 is 2.79. The van der Waals surface area contributed by atoms with Crippen LogP contribution in [0.25, 0.3) is 20.8 Å². The summed E-state index contributed by atoms with van der Waals surface area (Å²) < 4.78 is 41.7. The summed E-state index contributed by atoms with van der Waals surface area (Å²) in [6.45, 7) is 0. The summed E-state index contributed by atoms with van der Waals surface area (Å²) in [6.07, 6.45) is 0. The van der Waals surface area contributed by atoms with Crippen molar-refractivity contribution in [2.45, 2.75) is 4.90 Å². The Morgan fingerprint density at radius 1 is 1.00 bits per heavy atom. The maximum Gasteiger partial charge on any atom is 0.262 e. The Morgan fingerprint density at radius 3 is 2.52 bits per heavy atom. The largest absolute Gasteiger partial charge is 0.270 e. The standard InChI is InChI=1S/C17H11FN2O2S3/c18-11-5-7-12(8-6-11)25(21,22)20-17-13(9-10-23-17)16-19-14-3-1-2-4-15(14)24-16/h1-10,20H. The third kappa shape index (κ3) is 3.15. The number of nitrogens with one attached hydrogen (secondary N) is 1. The average molecular weight is 390 g/mol. The van der Waals surface area contributed by atoms with Gasteiger partial charge in [0.25, 0.3) is 10.0 Å². The normalized spacial score (nSPS) is 11.7. The summed E-state index contributed by atoms with van der Waals surface area (Å²) in [5.41, 5.74) is 1.61. The van der Waals surface area contributed by atoms with Gasteiger partial charge in [-0.05, 0) is 47.8 Å². The number of aromatic nitrogens is 1. The first-order chi connectivity index (χ1) is 12.0. The summed E-state index contributed by atoms with van der Waals surface area (Å²) in [5.74, 6) is -0.481. The van der Waals surface area contributed by atoms with Crippen molar-refractivity contribution in [3.8, 4) is 10.6 Å². The monoisotopic (exact) mass is 390 g/mol. The molecule has 4 rings (SSSR count). The van der Waals surface area contributed by atoms with Gasteiger partial charge in [0.2, 0.25) is 0 Å². The van der Waals surface area contributed by atoms with Gasteiger partial charge in [-0.3, -0.25) is 4.72 Å². The number of nitrogens with zero attached hydrogens (tertiary/aromatic N) is 1. The summed E-state index contributed by atoms with van der Waals surface area (Å²) in [4.78, 5) is 4.58. The Hall–Kier alpha value is -2.29. The molecule has 4 nitrogen and oxygen atoms in total. The smallest absolute Gasteiger partial charge is 0.262 e. The van der Waals surface area contributed by atoms with Crippen LogP contribution >= 0.6 is 22.7 Å². The fourth-order valence-electron chi connectivity index (χ4n) is 2.34. The molecule has 2 aromatic heterocycles. The number of thiophene rings is 1. The molecule has 2 heterocycles. The predicted molar refractivity (Wildman–Crippen MR) is 100 cm³/mol. The van der Waals surface area contributed by atoms with Gasteiger partial charge in [0.05, 0.1) is 15.1 Å². The molecule has 126 valence electrons. The number of hydrogen-bond donors (Lipinski definition) is 1. The quantitative estimate of drug-likeness (QED) is 0.535. The molecule has 0 saturated carbocycles. The van der Waals surface area contributed by atoms with Gasteiger partial charge >= 0.3 is 0 Å². The average Bonchev–Trinajstić information content (AvgIpc) is 3.20. The van der Waals surface area contributed by atoms with Crippen LogP contribution in [0.2, 0.25) is 0 Å². The minimum absolute atomic E-state index is 0.0116. The first-order valence-corrected chi connectivity index (χ1v) is 10.4. The van der Waals surface area contributed by atoms with E-state index in [0.717, 1.165) is 32.9 Å². The zero-order valence-electron chi connectivity index (χ0n) is 12.6. The van der Waals surface area contributed by atoms with Crippen LogP contribution in [0.5, 0.6) is 0 Å². The summed E-state index contributed by atoms with van der Waals surface area (Å²) in [6, 6.07) is 14.3. The molecular weight excluding hydrogens is 379 g/mol. The van der Waals surface area contributed by atoms with Crippen LogP contribution in [0.15, 0.2) is 64.9 Å². The van der Waals surface area contributed by atoms with Crippen molar-refractivity contribution in [3.05, 3.63) is 65.8 Å². The van der Waals surface area contributed by atoms with Crippen LogP contribution in [0.1, 0.15) is 0 Å². The first kappa shape index (κ1) is 16.2. The van der Waals surface area contributed by atoms with Crippen molar-refractivity contribution in [2.24, 2.45) is 0 Å². The van der Waals surface area contributed by atoms with Gasteiger partial charge in [0.15, 0.2) is 0 Å². The van der Waals surface area contributed by atoms with E-state index in [9.17, 15) is 12.8 Å². The predicted octanol–water partition coefficient (Wildman–Crippen LogP) is 4.96. The molecule has 0 fully saturated rings. The van der Waals surface area contributed by atoms with E-state index in [-0.39, 0.29) is 4.90 Å². The number of thiazole rings is 1. The Labute approximate surface area is 151 Å². The van der Waals surface area contributed by atoms with Gasteiger partial charge in [-0.25, -0.2) is 17.8 Å². The molecule has 0 bridgehead atoms. The van der Waals surface area contributed by atoms with Crippen LogP contribution in [0.4, 0.5) is 9.39 Å². The molecule has 25 heavy (non-hydrogen) atoms. The van der Waals surface area contributed by atoms with Gasteiger partial charge in [0, 0.05) is 5.56 Å². The van der Waals surface area contributed by atoms with Crippen molar-refractivity contribution < 1.29 is 12.8 Å². The minimum atomic E-state index is -3.79. The molecule has 0 saturated heterocycles. The van der Waals surface area contributed by atoms with Gasteiger partial charge < -0.3 is 0 Å². The van der Waals surface area contributed by atoms with Crippen molar-refractivity contribution in [3.63, 3.8) is 0 Å². The third-order valence-electron chi connectivity index (χ3n) is 3.54. The summed E-state index contributed by atoms with van der Waals surface area (Å²) in [7, 11) is -3.79. The van der Waals surface area contributed by atoms with Gasteiger partial charge in [-0.1, -0.05) is 12.1 Å². The van der Waals surface area contributed by atoms with Gasteiger partial charge in [-0.2, -0.15) is 0 Å². The second-order valence-electron chi connectivity index (χ2n) is 5.21. The highest BCUT2D eigenvalue weighted by atomic mass is 32.2. The van der Waals surface area contributed by atoms with Crippen LogP contribution in [0.3, 0.4) is 0 Å². The van der Waals surface area contributed by atoms with E-state index >= 15 is 0 Å². The molecular formula is C17H11FN2O2S3. The zero-order chi connectivity index (χ0) is 17.4. The molecule has 0 aliphatic carbocycles. The van der Waals surface area contributed by atoms with E-state index in [1.54, 1.807) is 0 Å². The fraction of sp³-hybridized carbons (Fsp3) is 0. The van der Waals surface area contributed by atoms with Crippen LogP contribution in [0, 0.1) is 5.82 Å². The topological polar surface area (TPSA) is 59.1 Å². The van der Waals surface area contributed by atoms with Gasteiger partial charge in [0.1, 0.15) is 15.8 Å². The highest BCUT2D eigenvalue weighted by molar-refractivity contribution is 7.93. The van der Waals surface area contributed by atoms with E-state index in [4.69, 9.17) is 0 Å². The number of anilines is 1. The van der Waals surface area contributed by atoms with Crippen LogP contribution < -0.4 is 4.72 Å². The van der Waals surface area contributed by atoms with E-state index < -0.39 is 15.8 Å². The number of hydrogen-bond acceptors (Lipinski definition) is 5. The summed E-state index contributed by atoms with van der Waals surface area (Å²) in [5, 5.41) is 3.05. The molecule has 0 aliphatic rings. The highest BCUT2D eigenvalue weighted by Crippen LogP contribution is 2.38. The molecule has 0 amide bonds. The number of sulfonamides is 1. The van der Waals surface area contributed by atoms with Crippen molar-refractivity contribution in [1.82, 2.24) is 4.98 Å². The molecule has 1 N–H and O–H groups in total. The van der Waals surface area contributed by atoms with E-state index in [1.165, 1.54) is 34.8 Å². The van der Waals surface area contributed by atoms with E-state index in [2.05, 4.69) is 9.71 Å². The van der Waals surface area contributed by atoms with Crippen molar-refractivity contribution in [2.75, 3.05) is 4.72 Å². The Kier molecular flexibility index (Phi) is 4.03. The highest BCUT2D eigenvalue weighted by Gasteiger charge is 2.19. The van der Waals surface area contributed by atoms with Gasteiger partial charge in [-0.15, -0.1) is 22.7 Å². The van der Waals surface area contributed by atoms with Crippen molar-refractivity contribution in [1.29, 1.82) is 0 Å². The zero-order valence-corrected chi connectivity index (χ0v) is 15.1. The molecule has 8 heteroatoms. The Bertz CT molecular complexity index is 1120.